The third-order valence-electron chi connectivity index (χ3n) is 2.01. The Bertz CT molecular complexity index is 297. The predicted octanol–water partition coefficient (Wildman–Crippen LogP) is 0.196. The van der Waals surface area contributed by atoms with Crippen LogP contribution in [0.1, 0.15) is 26.7 Å². The first-order valence-electron chi connectivity index (χ1n) is 5.24. The van der Waals surface area contributed by atoms with Crippen molar-refractivity contribution in [3.05, 3.63) is 0 Å². The number of carbonyl (C=O) groups is 1. The van der Waals surface area contributed by atoms with Crippen molar-refractivity contribution in [3.63, 3.8) is 0 Å². The van der Waals surface area contributed by atoms with Gasteiger partial charge in [-0.1, -0.05) is 13.8 Å². The topological polar surface area (TPSA) is 92.7 Å². The number of nitrogens with one attached hydrogen (secondary N) is 1. The summed E-state index contributed by atoms with van der Waals surface area (Å²) in [4.78, 5) is 11.2. The molecule has 0 aromatic heterocycles. The van der Waals surface area contributed by atoms with Gasteiger partial charge in [-0.15, -0.1) is 0 Å². The van der Waals surface area contributed by atoms with E-state index in [1.807, 2.05) is 13.8 Å². The molecule has 0 aliphatic heterocycles. The Labute approximate surface area is 96.1 Å². The van der Waals surface area contributed by atoms with Gasteiger partial charge in [0.2, 0.25) is 0 Å². The van der Waals surface area contributed by atoms with E-state index in [0.717, 1.165) is 12.8 Å². The fraction of sp³-hybridized carbons (Fsp3) is 0.889. The highest BCUT2D eigenvalue weighted by Gasteiger charge is 2.10. The first-order valence-corrected chi connectivity index (χ1v) is 6.85. The van der Waals surface area contributed by atoms with Crippen LogP contribution in [0.2, 0.25) is 0 Å². The van der Waals surface area contributed by atoms with Crippen molar-refractivity contribution in [2.75, 3.05) is 18.8 Å². The Balaban J connectivity index is 3.66. The van der Waals surface area contributed by atoms with E-state index in [4.69, 9.17) is 9.29 Å². The number of hydrogen-bond donors (Lipinski definition) is 2. The second-order valence-corrected chi connectivity index (χ2v) is 4.96. The minimum atomic E-state index is -3.97. The predicted molar refractivity (Wildman–Crippen MR) is 59.7 cm³/mol. The maximum Gasteiger partial charge on any atom is 0.320 e. The Kier molecular flexibility index (Phi) is 7.27. The van der Waals surface area contributed by atoms with Crippen molar-refractivity contribution in [1.29, 1.82) is 0 Å². The van der Waals surface area contributed by atoms with Gasteiger partial charge in [-0.05, 0) is 12.8 Å². The average Bonchev–Trinajstić information content (AvgIpc) is 2.19. The van der Waals surface area contributed by atoms with Crippen LogP contribution >= 0.6 is 0 Å². The van der Waals surface area contributed by atoms with E-state index in [1.54, 1.807) is 0 Å². The molecule has 0 radical (unpaired) electrons. The highest BCUT2D eigenvalue weighted by molar-refractivity contribution is 7.85. The fourth-order valence-corrected chi connectivity index (χ4v) is 1.48. The van der Waals surface area contributed by atoms with Crippen LogP contribution in [0.25, 0.3) is 0 Å². The molecule has 0 aromatic carbocycles. The maximum absolute atomic E-state index is 11.2. The molecule has 0 aliphatic carbocycles. The standard InChI is InChI=1S/C9H19NO5S/c1-3-8(4-2)15-9(11)7-10-5-6-16(12,13)14/h8,10H,3-7H2,1-2H3,(H,12,13,14). The normalized spacial score (nSPS) is 11.8. The molecule has 0 atom stereocenters. The van der Waals surface area contributed by atoms with Crippen molar-refractivity contribution < 1.29 is 22.5 Å². The number of esters is 1. The zero-order valence-corrected chi connectivity index (χ0v) is 10.4. The minimum absolute atomic E-state index is 0.0247. The highest BCUT2D eigenvalue weighted by Crippen LogP contribution is 2.02. The van der Waals surface area contributed by atoms with Crippen LogP contribution in [0.4, 0.5) is 0 Å². The van der Waals surface area contributed by atoms with Crippen molar-refractivity contribution in [3.8, 4) is 0 Å². The molecule has 0 saturated heterocycles. The molecule has 0 amide bonds. The van der Waals surface area contributed by atoms with Gasteiger partial charge in [0.15, 0.2) is 0 Å². The summed E-state index contributed by atoms with van der Waals surface area (Å²) in [6, 6.07) is 0. The number of ether oxygens (including phenoxy) is 1. The van der Waals surface area contributed by atoms with Crippen molar-refractivity contribution in [1.82, 2.24) is 5.32 Å². The van der Waals surface area contributed by atoms with Gasteiger partial charge in [-0.2, -0.15) is 8.42 Å². The van der Waals surface area contributed by atoms with E-state index < -0.39 is 21.8 Å². The molecule has 96 valence electrons. The van der Waals surface area contributed by atoms with E-state index in [0.29, 0.717) is 0 Å². The monoisotopic (exact) mass is 253 g/mol. The molecule has 7 heteroatoms. The van der Waals surface area contributed by atoms with Crippen LogP contribution < -0.4 is 5.32 Å². The smallest absolute Gasteiger partial charge is 0.320 e. The Morgan fingerprint density at radius 1 is 1.38 bits per heavy atom. The van der Waals surface area contributed by atoms with Crippen molar-refractivity contribution in [2.45, 2.75) is 32.8 Å². The summed E-state index contributed by atoms with van der Waals surface area (Å²) in [7, 11) is -3.97. The van der Waals surface area contributed by atoms with E-state index >= 15 is 0 Å². The summed E-state index contributed by atoms with van der Waals surface area (Å²) in [5.74, 6) is -0.824. The third kappa shape index (κ3) is 8.63. The fourth-order valence-electron chi connectivity index (χ4n) is 1.07. The largest absolute Gasteiger partial charge is 0.461 e. The lowest BCUT2D eigenvalue weighted by Crippen LogP contribution is -2.31. The summed E-state index contributed by atoms with van der Waals surface area (Å²) in [6.07, 6.45) is 1.43. The minimum Gasteiger partial charge on any atom is -0.461 e. The van der Waals surface area contributed by atoms with Crippen LogP contribution in [0.5, 0.6) is 0 Å². The van der Waals surface area contributed by atoms with Crippen molar-refractivity contribution >= 4 is 16.1 Å². The molecule has 0 fully saturated rings. The first-order chi connectivity index (χ1) is 7.39. The van der Waals surface area contributed by atoms with Crippen LogP contribution in [-0.2, 0) is 19.6 Å². The van der Waals surface area contributed by atoms with Crippen molar-refractivity contribution in [2.24, 2.45) is 0 Å². The molecule has 0 saturated carbocycles. The molecule has 0 aliphatic rings. The molecule has 0 bridgehead atoms. The summed E-state index contributed by atoms with van der Waals surface area (Å²) in [6.45, 7) is 3.82. The van der Waals surface area contributed by atoms with Gasteiger partial charge in [0.25, 0.3) is 10.1 Å². The quantitative estimate of drug-likeness (QED) is 0.364. The number of carbonyl (C=O) groups excluding carboxylic acids is 1. The summed E-state index contributed by atoms with van der Waals surface area (Å²) in [5.41, 5.74) is 0. The molecule has 0 unspecified atom stereocenters. The lowest BCUT2D eigenvalue weighted by atomic mass is 10.2. The van der Waals surface area contributed by atoms with E-state index in [9.17, 15) is 13.2 Å². The molecule has 0 rings (SSSR count). The van der Waals surface area contributed by atoms with Gasteiger partial charge in [0.1, 0.15) is 6.10 Å². The number of rotatable bonds is 8. The molecule has 0 spiro atoms. The summed E-state index contributed by atoms with van der Waals surface area (Å²) >= 11 is 0. The van der Waals surface area contributed by atoms with Gasteiger partial charge >= 0.3 is 5.97 Å². The van der Waals surface area contributed by atoms with E-state index in [2.05, 4.69) is 5.32 Å². The molecule has 16 heavy (non-hydrogen) atoms. The molecule has 0 heterocycles. The van der Waals surface area contributed by atoms with E-state index in [1.165, 1.54) is 0 Å². The van der Waals surface area contributed by atoms with Gasteiger partial charge in [-0.3, -0.25) is 9.35 Å². The summed E-state index contributed by atoms with van der Waals surface area (Å²) < 4.78 is 34.2. The average molecular weight is 253 g/mol. The van der Waals surface area contributed by atoms with Crippen LogP contribution in [0, 0.1) is 0 Å². The molecule has 0 aromatic rings. The second-order valence-electron chi connectivity index (χ2n) is 3.39. The molecule has 6 nitrogen and oxygen atoms in total. The highest BCUT2D eigenvalue weighted by atomic mass is 32.2. The lowest BCUT2D eigenvalue weighted by molar-refractivity contribution is -0.148. The Morgan fingerprint density at radius 2 is 1.94 bits per heavy atom. The first kappa shape index (κ1) is 15.3. The lowest BCUT2D eigenvalue weighted by Gasteiger charge is -2.13. The number of hydrogen-bond acceptors (Lipinski definition) is 5. The maximum atomic E-state index is 11.2. The van der Waals surface area contributed by atoms with E-state index in [-0.39, 0.29) is 19.2 Å². The zero-order valence-electron chi connectivity index (χ0n) is 9.60. The van der Waals surface area contributed by atoms with Gasteiger partial charge in [0.05, 0.1) is 12.3 Å². The van der Waals surface area contributed by atoms with Crippen LogP contribution in [0.3, 0.4) is 0 Å². The molecule has 2 N–H and O–H groups in total. The van der Waals surface area contributed by atoms with Crippen LogP contribution in [0.15, 0.2) is 0 Å². The third-order valence-corrected chi connectivity index (χ3v) is 2.73. The molecular weight excluding hydrogens is 234 g/mol. The van der Waals surface area contributed by atoms with Gasteiger partial charge in [0, 0.05) is 6.54 Å². The Hall–Kier alpha value is -0.660. The van der Waals surface area contributed by atoms with Gasteiger partial charge in [-0.25, -0.2) is 0 Å². The SMILES string of the molecule is CCC(CC)OC(=O)CNCCS(=O)(=O)O. The zero-order chi connectivity index (χ0) is 12.6. The van der Waals surface area contributed by atoms with Crippen LogP contribution in [-0.4, -0.2) is 43.9 Å². The van der Waals surface area contributed by atoms with Gasteiger partial charge < -0.3 is 10.1 Å². The molecular formula is C9H19NO5S. The second kappa shape index (κ2) is 7.59. The Morgan fingerprint density at radius 3 is 2.38 bits per heavy atom. The summed E-state index contributed by atoms with van der Waals surface area (Å²) in [5, 5.41) is 2.58.